The summed E-state index contributed by atoms with van der Waals surface area (Å²) in [6.45, 7) is 7.28. The average molecular weight is 224 g/mol. The molecule has 0 amide bonds. The zero-order valence-electron chi connectivity index (χ0n) is 9.44. The van der Waals surface area contributed by atoms with Crippen LogP contribution in [-0.2, 0) is 9.31 Å². The largest absolute Gasteiger partial charge is 0.458 e. The SMILES string of the molecule is CC1(C)OB(CCC(F)(F)F)OC1(C)C. The van der Waals surface area contributed by atoms with E-state index in [-0.39, 0.29) is 6.32 Å². The Balaban J connectivity index is 2.50. The Morgan fingerprint density at radius 1 is 1.00 bits per heavy atom. The molecule has 0 aromatic heterocycles. The molecule has 1 rings (SSSR count). The maximum atomic E-state index is 12.0. The van der Waals surface area contributed by atoms with E-state index < -0.39 is 30.9 Å². The Morgan fingerprint density at radius 2 is 1.40 bits per heavy atom. The molecule has 0 aromatic rings. The highest BCUT2D eigenvalue weighted by molar-refractivity contribution is 6.45. The molecule has 0 spiro atoms. The molecule has 1 aliphatic rings. The third kappa shape index (κ3) is 3.11. The normalized spacial score (nSPS) is 24.6. The molecule has 1 saturated heterocycles. The first kappa shape index (κ1) is 12.8. The van der Waals surface area contributed by atoms with Crippen molar-refractivity contribution >= 4 is 7.12 Å². The Labute approximate surface area is 88.3 Å². The zero-order valence-corrected chi connectivity index (χ0v) is 9.44. The van der Waals surface area contributed by atoms with Crippen LogP contribution in [0.15, 0.2) is 0 Å². The van der Waals surface area contributed by atoms with Gasteiger partial charge in [0, 0.05) is 6.42 Å². The van der Waals surface area contributed by atoms with Crippen molar-refractivity contribution in [1.82, 2.24) is 0 Å². The summed E-state index contributed by atoms with van der Waals surface area (Å²) in [6.07, 6.45) is -5.16. The van der Waals surface area contributed by atoms with Crippen molar-refractivity contribution in [1.29, 1.82) is 0 Å². The lowest BCUT2D eigenvalue weighted by Crippen LogP contribution is -2.41. The van der Waals surface area contributed by atoms with Crippen LogP contribution in [0.5, 0.6) is 0 Å². The van der Waals surface area contributed by atoms with E-state index in [2.05, 4.69) is 0 Å². The van der Waals surface area contributed by atoms with Gasteiger partial charge in [-0.15, -0.1) is 0 Å². The number of hydrogen-bond donors (Lipinski definition) is 0. The molecule has 1 fully saturated rings. The van der Waals surface area contributed by atoms with E-state index in [0.29, 0.717) is 0 Å². The van der Waals surface area contributed by atoms with Crippen molar-refractivity contribution in [3.8, 4) is 0 Å². The summed E-state index contributed by atoms with van der Waals surface area (Å²) in [6, 6.07) is 0. The summed E-state index contributed by atoms with van der Waals surface area (Å²) < 4.78 is 46.8. The molecule has 0 aromatic carbocycles. The summed E-state index contributed by atoms with van der Waals surface area (Å²) in [5, 5.41) is 0. The molecule has 0 saturated carbocycles. The quantitative estimate of drug-likeness (QED) is 0.671. The van der Waals surface area contributed by atoms with Gasteiger partial charge in [0.15, 0.2) is 0 Å². The zero-order chi connectivity index (χ0) is 11.9. The van der Waals surface area contributed by atoms with Crippen LogP contribution in [0, 0.1) is 0 Å². The fourth-order valence-electron chi connectivity index (χ4n) is 1.36. The topological polar surface area (TPSA) is 18.5 Å². The Bertz CT molecular complexity index is 222. The number of halogens is 3. The predicted molar refractivity (Wildman–Crippen MR) is 51.6 cm³/mol. The van der Waals surface area contributed by atoms with Gasteiger partial charge in [-0.25, -0.2) is 0 Å². The standard InChI is InChI=1S/C9H16BF3O2/c1-7(2)8(3,4)15-10(14-7)6-5-9(11,12)13/h5-6H2,1-4H3. The van der Waals surface area contributed by atoms with Crippen molar-refractivity contribution in [3.05, 3.63) is 0 Å². The fraction of sp³-hybridized carbons (Fsp3) is 1.00. The first-order valence-corrected chi connectivity index (χ1v) is 4.96. The molecule has 0 atom stereocenters. The fourth-order valence-corrected chi connectivity index (χ4v) is 1.36. The highest BCUT2D eigenvalue weighted by atomic mass is 19.4. The third-order valence-electron chi connectivity index (χ3n) is 2.97. The van der Waals surface area contributed by atoms with E-state index in [1.807, 2.05) is 27.7 Å². The van der Waals surface area contributed by atoms with Gasteiger partial charge in [0.05, 0.1) is 11.2 Å². The summed E-state index contributed by atoms with van der Waals surface area (Å²) in [4.78, 5) is 0. The summed E-state index contributed by atoms with van der Waals surface area (Å²) in [5.74, 6) is 0. The van der Waals surface area contributed by atoms with E-state index in [9.17, 15) is 13.2 Å². The summed E-state index contributed by atoms with van der Waals surface area (Å²) in [5.41, 5.74) is -1.10. The maximum absolute atomic E-state index is 12.0. The lowest BCUT2D eigenvalue weighted by molar-refractivity contribution is -0.131. The van der Waals surface area contributed by atoms with Crippen LogP contribution in [-0.4, -0.2) is 24.5 Å². The van der Waals surface area contributed by atoms with Crippen molar-refractivity contribution in [2.75, 3.05) is 0 Å². The van der Waals surface area contributed by atoms with E-state index in [4.69, 9.17) is 9.31 Å². The molecule has 15 heavy (non-hydrogen) atoms. The Morgan fingerprint density at radius 3 is 1.73 bits per heavy atom. The molecule has 0 aliphatic carbocycles. The number of hydrogen-bond acceptors (Lipinski definition) is 2. The monoisotopic (exact) mass is 224 g/mol. The van der Waals surface area contributed by atoms with Crippen LogP contribution in [0.25, 0.3) is 0 Å². The Hall–Kier alpha value is -0.225. The smallest absolute Gasteiger partial charge is 0.403 e. The lowest BCUT2D eigenvalue weighted by atomic mass is 9.83. The molecule has 0 bridgehead atoms. The molecule has 2 nitrogen and oxygen atoms in total. The van der Waals surface area contributed by atoms with Crippen LogP contribution < -0.4 is 0 Å². The highest BCUT2D eigenvalue weighted by Gasteiger charge is 2.51. The minimum absolute atomic E-state index is 0.143. The van der Waals surface area contributed by atoms with Gasteiger partial charge in [-0.05, 0) is 34.0 Å². The van der Waals surface area contributed by atoms with Gasteiger partial charge < -0.3 is 9.31 Å². The first-order chi connectivity index (χ1) is 6.54. The molecule has 88 valence electrons. The van der Waals surface area contributed by atoms with E-state index in [0.717, 1.165) is 0 Å². The van der Waals surface area contributed by atoms with Crippen LogP contribution in [0.3, 0.4) is 0 Å². The second-order valence-corrected chi connectivity index (χ2v) is 4.84. The van der Waals surface area contributed by atoms with Crippen LogP contribution in [0.4, 0.5) is 13.2 Å². The van der Waals surface area contributed by atoms with Crippen LogP contribution in [0.1, 0.15) is 34.1 Å². The van der Waals surface area contributed by atoms with E-state index in [1.165, 1.54) is 0 Å². The van der Waals surface area contributed by atoms with Gasteiger partial charge in [-0.1, -0.05) is 0 Å². The second-order valence-electron chi connectivity index (χ2n) is 4.84. The minimum atomic E-state index is -4.15. The molecule has 1 heterocycles. The van der Waals surface area contributed by atoms with Gasteiger partial charge in [-0.2, -0.15) is 13.2 Å². The second kappa shape index (κ2) is 3.66. The van der Waals surface area contributed by atoms with Gasteiger partial charge >= 0.3 is 13.3 Å². The molecule has 0 radical (unpaired) electrons. The summed E-state index contributed by atoms with van der Waals surface area (Å²) >= 11 is 0. The summed E-state index contributed by atoms with van der Waals surface area (Å²) in [7, 11) is -0.753. The Kier molecular flexibility index (Phi) is 3.14. The van der Waals surface area contributed by atoms with Gasteiger partial charge in [0.2, 0.25) is 0 Å². The molecule has 0 unspecified atom stereocenters. The van der Waals surface area contributed by atoms with Gasteiger partial charge in [0.1, 0.15) is 0 Å². The molecule has 1 aliphatic heterocycles. The van der Waals surface area contributed by atoms with Crippen molar-refractivity contribution < 1.29 is 22.5 Å². The van der Waals surface area contributed by atoms with Gasteiger partial charge in [-0.3, -0.25) is 0 Å². The number of alkyl halides is 3. The molecule has 0 N–H and O–H groups in total. The lowest BCUT2D eigenvalue weighted by Gasteiger charge is -2.32. The van der Waals surface area contributed by atoms with Crippen molar-refractivity contribution in [3.63, 3.8) is 0 Å². The van der Waals surface area contributed by atoms with Crippen LogP contribution >= 0.6 is 0 Å². The van der Waals surface area contributed by atoms with Crippen LogP contribution in [0.2, 0.25) is 6.32 Å². The predicted octanol–water partition coefficient (Wildman–Crippen LogP) is 3.03. The van der Waals surface area contributed by atoms with Gasteiger partial charge in [0.25, 0.3) is 0 Å². The van der Waals surface area contributed by atoms with E-state index in [1.54, 1.807) is 0 Å². The maximum Gasteiger partial charge on any atom is 0.458 e. The van der Waals surface area contributed by atoms with E-state index >= 15 is 0 Å². The number of rotatable bonds is 2. The molecule has 6 heteroatoms. The average Bonchev–Trinajstić information content (AvgIpc) is 2.16. The first-order valence-electron chi connectivity index (χ1n) is 4.96. The third-order valence-corrected chi connectivity index (χ3v) is 2.97. The van der Waals surface area contributed by atoms with Crippen molar-refractivity contribution in [2.45, 2.75) is 57.8 Å². The van der Waals surface area contributed by atoms with Crippen molar-refractivity contribution in [2.24, 2.45) is 0 Å². The highest BCUT2D eigenvalue weighted by Crippen LogP contribution is 2.38. The minimum Gasteiger partial charge on any atom is -0.403 e. The molecular formula is C9H16BF3O2. The molecular weight excluding hydrogens is 208 g/mol.